The van der Waals surface area contributed by atoms with Gasteiger partial charge in [-0.1, -0.05) is 24.6 Å². The Hall–Kier alpha value is -3.42. The Morgan fingerprint density at radius 3 is 2.68 bits per heavy atom. The summed E-state index contributed by atoms with van der Waals surface area (Å²) in [6, 6.07) is 11.8. The number of rotatable bonds is 4. The third kappa shape index (κ3) is 4.76. The molecule has 1 saturated carbocycles. The fourth-order valence-corrected chi connectivity index (χ4v) is 5.08. The Balaban J connectivity index is 1.29. The first-order valence-electron chi connectivity index (χ1n) is 12.0. The minimum absolute atomic E-state index is 0.0352. The SMILES string of the molecule is O=C(CN1C(=O)/C(=C\c2cccc(F)c2)OC2CCCCC21)N1CCN(c2ccccn2)CC1. The van der Waals surface area contributed by atoms with Crippen LogP contribution < -0.4 is 4.90 Å². The lowest BCUT2D eigenvalue weighted by atomic mass is 9.89. The topological polar surface area (TPSA) is 66.0 Å². The molecule has 1 aromatic heterocycles. The number of amides is 2. The van der Waals surface area contributed by atoms with Crippen molar-refractivity contribution in [3.63, 3.8) is 0 Å². The Labute approximate surface area is 198 Å². The van der Waals surface area contributed by atoms with E-state index in [-0.39, 0.29) is 42.1 Å². The lowest BCUT2D eigenvalue weighted by Crippen LogP contribution is -2.58. The van der Waals surface area contributed by atoms with Crippen molar-refractivity contribution >= 4 is 23.7 Å². The van der Waals surface area contributed by atoms with Gasteiger partial charge in [0, 0.05) is 32.4 Å². The minimum Gasteiger partial charge on any atom is -0.482 e. The Morgan fingerprint density at radius 1 is 1.09 bits per heavy atom. The largest absolute Gasteiger partial charge is 0.482 e. The molecule has 2 amide bonds. The van der Waals surface area contributed by atoms with Crippen molar-refractivity contribution in [3.05, 3.63) is 65.8 Å². The highest BCUT2D eigenvalue weighted by Crippen LogP contribution is 2.33. The third-order valence-electron chi connectivity index (χ3n) is 6.88. The van der Waals surface area contributed by atoms with E-state index >= 15 is 0 Å². The number of morpholine rings is 1. The van der Waals surface area contributed by atoms with Crippen LogP contribution in [0.4, 0.5) is 10.2 Å². The molecule has 2 aliphatic heterocycles. The number of hydrogen-bond acceptors (Lipinski definition) is 5. The lowest BCUT2D eigenvalue weighted by molar-refractivity contribution is -0.154. The van der Waals surface area contributed by atoms with Crippen LogP contribution >= 0.6 is 0 Å². The number of nitrogens with zero attached hydrogens (tertiary/aromatic N) is 4. The number of carbonyl (C=O) groups is 2. The van der Waals surface area contributed by atoms with E-state index in [9.17, 15) is 14.0 Å². The summed E-state index contributed by atoms with van der Waals surface area (Å²) >= 11 is 0. The highest BCUT2D eigenvalue weighted by molar-refractivity contribution is 5.98. The molecule has 5 rings (SSSR count). The summed E-state index contributed by atoms with van der Waals surface area (Å²) < 4.78 is 19.7. The molecule has 178 valence electrons. The molecule has 1 aliphatic carbocycles. The molecule has 2 atom stereocenters. The smallest absolute Gasteiger partial charge is 0.289 e. The van der Waals surface area contributed by atoms with Crippen LogP contribution in [0.25, 0.3) is 6.08 Å². The van der Waals surface area contributed by atoms with Crippen LogP contribution in [0, 0.1) is 5.82 Å². The van der Waals surface area contributed by atoms with E-state index in [0.717, 1.165) is 31.5 Å². The number of anilines is 1. The molecule has 7 nitrogen and oxygen atoms in total. The van der Waals surface area contributed by atoms with Gasteiger partial charge in [-0.2, -0.15) is 0 Å². The van der Waals surface area contributed by atoms with Crippen LogP contribution in [0.5, 0.6) is 0 Å². The predicted molar refractivity (Wildman–Crippen MR) is 126 cm³/mol. The van der Waals surface area contributed by atoms with Crippen LogP contribution in [0.1, 0.15) is 31.2 Å². The average Bonchev–Trinajstić information content (AvgIpc) is 2.87. The van der Waals surface area contributed by atoms with Crippen molar-refractivity contribution in [1.82, 2.24) is 14.8 Å². The first-order chi connectivity index (χ1) is 16.6. The van der Waals surface area contributed by atoms with Gasteiger partial charge in [-0.25, -0.2) is 9.37 Å². The fraction of sp³-hybridized carbons (Fsp3) is 0.423. The number of aromatic nitrogens is 1. The second-order valence-electron chi connectivity index (χ2n) is 9.06. The molecule has 2 saturated heterocycles. The van der Waals surface area contributed by atoms with Crippen LogP contribution in [-0.4, -0.2) is 71.5 Å². The van der Waals surface area contributed by atoms with Gasteiger partial charge >= 0.3 is 0 Å². The molecule has 3 fully saturated rings. The summed E-state index contributed by atoms with van der Waals surface area (Å²) in [7, 11) is 0. The summed E-state index contributed by atoms with van der Waals surface area (Å²) in [4.78, 5) is 36.7. The molecule has 8 heteroatoms. The average molecular weight is 465 g/mol. The second kappa shape index (κ2) is 9.83. The number of carbonyl (C=O) groups excluding carboxylic acids is 2. The highest BCUT2D eigenvalue weighted by Gasteiger charge is 2.42. The molecule has 3 heterocycles. The summed E-state index contributed by atoms with van der Waals surface area (Å²) in [5, 5.41) is 0. The van der Waals surface area contributed by atoms with E-state index in [4.69, 9.17) is 4.74 Å². The zero-order valence-corrected chi connectivity index (χ0v) is 19.1. The zero-order chi connectivity index (χ0) is 23.5. The molecule has 0 spiro atoms. The van der Waals surface area contributed by atoms with Crippen LogP contribution in [0.3, 0.4) is 0 Å². The Kier molecular flexibility index (Phi) is 6.47. The summed E-state index contributed by atoms with van der Waals surface area (Å²) in [6.45, 7) is 2.63. The van der Waals surface area contributed by atoms with Gasteiger partial charge in [0.2, 0.25) is 5.91 Å². The van der Waals surface area contributed by atoms with E-state index in [0.29, 0.717) is 31.7 Å². The second-order valence-corrected chi connectivity index (χ2v) is 9.06. The lowest BCUT2D eigenvalue weighted by Gasteiger charge is -2.45. The van der Waals surface area contributed by atoms with Crippen molar-refractivity contribution in [2.45, 2.75) is 37.8 Å². The van der Waals surface area contributed by atoms with Gasteiger partial charge in [0.15, 0.2) is 5.76 Å². The third-order valence-corrected chi connectivity index (χ3v) is 6.88. The molecule has 2 aromatic rings. The number of pyridine rings is 1. The fourth-order valence-electron chi connectivity index (χ4n) is 5.08. The standard InChI is InChI=1S/C26H29FN4O3/c27-20-7-5-6-19(16-20)17-23-26(33)31(21-8-1-2-9-22(21)34-23)18-25(32)30-14-12-29(13-15-30)24-10-3-4-11-28-24/h3-7,10-11,16-17,21-22H,1-2,8-9,12-15,18H2/b23-17+. The number of hydrogen-bond donors (Lipinski definition) is 0. The number of ether oxygens (including phenoxy) is 1. The normalized spacial score (nSPS) is 24.1. The van der Waals surface area contributed by atoms with Gasteiger partial charge in [-0.15, -0.1) is 0 Å². The summed E-state index contributed by atoms with van der Waals surface area (Å²) in [6.07, 6.45) is 6.91. The predicted octanol–water partition coefficient (Wildman–Crippen LogP) is 3.08. The van der Waals surface area contributed by atoms with E-state index in [1.807, 2.05) is 23.1 Å². The van der Waals surface area contributed by atoms with Crippen molar-refractivity contribution < 1.29 is 18.7 Å². The van der Waals surface area contributed by atoms with E-state index < -0.39 is 0 Å². The molecule has 0 radical (unpaired) electrons. The van der Waals surface area contributed by atoms with Gasteiger partial charge in [0.05, 0.1) is 6.04 Å². The molecular formula is C26H29FN4O3. The highest BCUT2D eigenvalue weighted by atomic mass is 19.1. The van der Waals surface area contributed by atoms with Gasteiger partial charge in [-0.05, 0) is 55.2 Å². The van der Waals surface area contributed by atoms with Crippen LogP contribution in [0.15, 0.2) is 54.4 Å². The molecule has 1 aromatic carbocycles. The molecule has 3 aliphatic rings. The van der Waals surface area contributed by atoms with E-state index in [1.165, 1.54) is 12.1 Å². The maximum absolute atomic E-state index is 13.7. The first-order valence-corrected chi connectivity index (χ1v) is 12.0. The molecule has 34 heavy (non-hydrogen) atoms. The minimum atomic E-state index is -0.370. The maximum Gasteiger partial charge on any atom is 0.289 e. The number of fused-ring (bicyclic) bond motifs is 1. The van der Waals surface area contributed by atoms with Gasteiger partial charge in [-0.3, -0.25) is 9.59 Å². The molecule has 2 unspecified atom stereocenters. The number of piperazine rings is 1. The number of halogens is 1. The van der Waals surface area contributed by atoms with E-state index in [1.54, 1.807) is 29.3 Å². The molecule has 0 bridgehead atoms. The summed E-state index contributed by atoms with van der Waals surface area (Å²) in [5.41, 5.74) is 0.564. The van der Waals surface area contributed by atoms with Crippen molar-refractivity contribution in [2.75, 3.05) is 37.6 Å². The first kappa shape index (κ1) is 22.4. The van der Waals surface area contributed by atoms with Gasteiger partial charge < -0.3 is 19.4 Å². The van der Waals surface area contributed by atoms with Gasteiger partial charge in [0.1, 0.15) is 24.3 Å². The monoisotopic (exact) mass is 464 g/mol. The Bertz CT molecular complexity index is 1070. The van der Waals surface area contributed by atoms with E-state index in [2.05, 4.69) is 9.88 Å². The molecular weight excluding hydrogens is 435 g/mol. The Morgan fingerprint density at radius 2 is 1.91 bits per heavy atom. The van der Waals surface area contributed by atoms with Crippen LogP contribution in [0.2, 0.25) is 0 Å². The quantitative estimate of drug-likeness (QED) is 0.651. The maximum atomic E-state index is 13.7. The van der Waals surface area contributed by atoms with Crippen LogP contribution in [-0.2, 0) is 14.3 Å². The van der Waals surface area contributed by atoms with Crippen molar-refractivity contribution in [1.29, 1.82) is 0 Å². The number of benzene rings is 1. The van der Waals surface area contributed by atoms with Crippen molar-refractivity contribution in [2.24, 2.45) is 0 Å². The van der Waals surface area contributed by atoms with Crippen molar-refractivity contribution in [3.8, 4) is 0 Å². The summed E-state index contributed by atoms with van der Waals surface area (Å²) in [5.74, 6) is 0.375. The molecule has 0 N–H and O–H groups in total. The zero-order valence-electron chi connectivity index (χ0n) is 19.1. The van der Waals surface area contributed by atoms with Gasteiger partial charge in [0.25, 0.3) is 5.91 Å².